The zero-order valence-electron chi connectivity index (χ0n) is 12.6. The quantitative estimate of drug-likeness (QED) is 0.878. The molecule has 0 spiro atoms. The zero-order chi connectivity index (χ0) is 15.4. The van der Waals surface area contributed by atoms with Crippen LogP contribution in [0.5, 0.6) is 5.75 Å². The maximum atomic E-state index is 12.5. The Morgan fingerprint density at radius 3 is 2.48 bits per heavy atom. The van der Waals surface area contributed by atoms with Gasteiger partial charge in [0.15, 0.2) is 5.75 Å². The number of methoxy groups -OCH3 is 1. The Morgan fingerprint density at radius 1 is 1.19 bits per heavy atom. The summed E-state index contributed by atoms with van der Waals surface area (Å²) >= 11 is 0. The van der Waals surface area contributed by atoms with Gasteiger partial charge in [0.05, 0.1) is 18.4 Å². The van der Waals surface area contributed by atoms with Crippen LogP contribution in [0.25, 0.3) is 0 Å². The van der Waals surface area contributed by atoms with E-state index in [-0.39, 0.29) is 5.91 Å². The molecular weight excluding hydrogens is 264 g/mol. The Morgan fingerprint density at radius 2 is 1.86 bits per heavy atom. The number of ether oxygens (including phenoxy) is 1. The highest BCUT2D eigenvalue weighted by molar-refractivity contribution is 5.98. The molecule has 0 saturated carbocycles. The molecule has 0 unspecified atom stereocenters. The predicted octanol–water partition coefficient (Wildman–Crippen LogP) is 2.86. The monoisotopic (exact) mass is 284 g/mol. The van der Waals surface area contributed by atoms with Crippen molar-refractivity contribution in [2.75, 3.05) is 19.9 Å². The number of nitrogens with zero attached hydrogens (tertiary/aromatic N) is 1. The lowest BCUT2D eigenvalue weighted by atomic mass is 10.1. The van der Waals surface area contributed by atoms with E-state index in [0.717, 1.165) is 5.56 Å². The summed E-state index contributed by atoms with van der Waals surface area (Å²) in [6.07, 6.45) is 0. The lowest BCUT2D eigenvalue weighted by molar-refractivity contribution is 0.0782. The smallest absolute Gasteiger partial charge is 0.257 e. The minimum Gasteiger partial charge on any atom is -0.494 e. The van der Waals surface area contributed by atoms with Gasteiger partial charge in [-0.3, -0.25) is 4.79 Å². The standard InChI is InChI=1S/C17H20N2O2/c1-12-7-9-13(10-8-12)11-19(2)17(20)14-5-4-6-15(18)16(14)21-3/h4-10H,11,18H2,1-3H3. The van der Waals surface area contributed by atoms with Crippen LogP contribution in [-0.2, 0) is 6.54 Å². The highest BCUT2D eigenvalue weighted by atomic mass is 16.5. The molecule has 0 aliphatic rings. The van der Waals surface area contributed by atoms with Gasteiger partial charge in [-0.05, 0) is 24.6 Å². The van der Waals surface area contributed by atoms with Crippen LogP contribution in [-0.4, -0.2) is 25.0 Å². The van der Waals surface area contributed by atoms with Crippen LogP contribution in [0.2, 0.25) is 0 Å². The van der Waals surface area contributed by atoms with Crippen LogP contribution in [0, 0.1) is 6.92 Å². The molecule has 0 fully saturated rings. The van der Waals surface area contributed by atoms with Crippen LogP contribution in [0.4, 0.5) is 5.69 Å². The van der Waals surface area contributed by atoms with E-state index in [9.17, 15) is 4.79 Å². The topological polar surface area (TPSA) is 55.6 Å². The van der Waals surface area contributed by atoms with Crippen LogP contribution < -0.4 is 10.5 Å². The Balaban J connectivity index is 2.19. The number of nitrogens with two attached hydrogens (primary N) is 1. The Hall–Kier alpha value is -2.49. The summed E-state index contributed by atoms with van der Waals surface area (Å²) in [5.41, 5.74) is 9.07. The molecule has 0 aliphatic carbocycles. The summed E-state index contributed by atoms with van der Waals surface area (Å²) in [5, 5.41) is 0. The average Bonchev–Trinajstić information content (AvgIpc) is 2.48. The lowest BCUT2D eigenvalue weighted by Crippen LogP contribution is -2.26. The molecule has 0 bridgehead atoms. The van der Waals surface area contributed by atoms with Crippen molar-refractivity contribution < 1.29 is 9.53 Å². The molecule has 2 rings (SSSR count). The number of hydrogen-bond acceptors (Lipinski definition) is 3. The molecule has 0 aromatic heterocycles. The SMILES string of the molecule is COc1c(N)cccc1C(=O)N(C)Cc1ccc(C)cc1. The van der Waals surface area contributed by atoms with Gasteiger partial charge in [-0.25, -0.2) is 0 Å². The molecule has 2 N–H and O–H groups in total. The first-order chi connectivity index (χ1) is 10.0. The number of hydrogen-bond donors (Lipinski definition) is 1. The van der Waals surface area contributed by atoms with Gasteiger partial charge in [0, 0.05) is 13.6 Å². The molecule has 0 saturated heterocycles. The third kappa shape index (κ3) is 3.34. The minimum atomic E-state index is -0.111. The average molecular weight is 284 g/mol. The van der Waals surface area contributed by atoms with Gasteiger partial charge in [-0.1, -0.05) is 35.9 Å². The first-order valence-corrected chi connectivity index (χ1v) is 6.76. The minimum absolute atomic E-state index is 0.111. The van der Waals surface area contributed by atoms with Crippen molar-refractivity contribution in [2.24, 2.45) is 0 Å². The van der Waals surface area contributed by atoms with Crippen molar-refractivity contribution in [3.63, 3.8) is 0 Å². The van der Waals surface area contributed by atoms with Gasteiger partial charge in [-0.2, -0.15) is 0 Å². The molecular formula is C17H20N2O2. The van der Waals surface area contributed by atoms with E-state index >= 15 is 0 Å². The summed E-state index contributed by atoms with van der Waals surface area (Å²) in [6.45, 7) is 2.58. The largest absolute Gasteiger partial charge is 0.494 e. The molecule has 1 amide bonds. The van der Waals surface area contributed by atoms with E-state index in [0.29, 0.717) is 23.5 Å². The van der Waals surface area contributed by atoms with E-state index in [4.69, 9.17) is 10.5 Å². The fraction of sp³-hybridized carbons (Fsp3) is 0.235. The maximum Gasteiger partial charge on any atom is 0.257 e. The number of aryl methyl sites for hydroxylation is 1. The summed E-state index contributed by atoms with van der Waals surface area (Å²) in [4.78, 5) is 14.2. The van der Waals surface area contributed by atoms with Gasteiger partial charge in [0.2, 0.25) is 0 Å². The summed E-state index contributed by atoms with van der Waals surface area (Å²) < 4.78 is 5.24. The lowest BCUT2D eigenvalue weighted by Gasteiger charge is -2.19. The molecule has 2 aromatic rings. The second-order valence-electron chi connectivity index (χ2n) is 5.07. The number of rotatable bonds is 4. The van der Waals surface area contributed by atoms with E-state index in [1.165, 1.54) is 12.7 Å². The van der Waals surface area contributed by atoms with Crippen LogP contribution in [0.3, 0.4) is 0 Å². The molecule has 4 nitrogen and oxygen atoms in total. The predicted molar refractivity (Wildman–Crippen MR) is 84.4 cm³/mol. The molecule has 0 aliphatic heterocycles. The number of benzene rings is 2. The summed E-state index contributed by atoms with van der Waals surface area (Å²) in [5.74, 6) is 0.318. The second kappa shape index (κ2) is 6.31. The molecule has 21 heavy (non-hydrogen) atoms. The molecule has 4 heteroatoms. The van der Waals surface area contributed by atoms with Gasteiger partial charge >= 0.3 is 0 Å². The van der Waals surface area contributed by atoms with Crippen molar-refractivity contribution in [1.29, 1.82) is 0 Å². The number of amides is 1. The van der Waals surface area contributed by atoms with Gasteiger partial charge in [0.25, 0.3) is 5.91 Å². The van der Waals surface area contributed by atoms with Crippen LogP contribution in [0.1, 0.15) is 21.5 Å². The Bertz CT molecular complexity index is 636. The van der Waals surface area contributed by atoms with E-state index in [1.807, 2.05) is 31.2 Å². The van der Waals surface area contributed by atoms with E-state index < -0.39 is 0 Å². The normalized spacial score (nSPS) is 10.2. The highest BCUT2D eigenvalue weighted by Crippen LogP contribution is 2.27. The zero-order valence-corrected chi connectivity index (χ0v) is 12.6. The molecule has 0 radical (unpaired) electrons. The first kappa shape index (κ1) is 14.9. The third-order valence-corrected chi connectivity index (χ3v) is 3.37. The number of anilines is 1. The Kier molecular flexibility index (Phi) is 4.48. The number of nitrogen functional groups attached to an aromatic ring is 1. The van der Waals surface area contributed by atoms with Crippen molar-refractivity contribution in [3.8, 4) is 5.75 Å². The van der Waals surface area contributed by atoms with Gasteiger partial charge < -0.3 is 15.4 Å². The van der Waals surface area contributed by atoms with Crippen molar-refractivity contribution >= 4 is 11.6 Å². The third-order valence-electron chi connectivity index (χ3n) is 3.37. The number of carbonyl (C=O) groups excluding carboxylic acids is 1. The van der Waals surface area contributed by atoms with Gasteiger partial charge in [0.1, 0.15) is 0 Å². The maximum absolute atomic E-state index is 12.5. The van der Waals surface area contributed by atoms with Crippen molar-refractivity contribution in [3.05, 3.63) is 59.2 Å². The first-order valence-electron chi connectivity index (χ1n) is 6.76. The van der Waals surface area contributed by atoms with Crippen LogP contribution >= 0.6 is 0 Å². The van der Waals surface area contributed by atoms with Crippen molar-refractivity contribution in [1.82, 2.24) is 4.90 Å². The molecule has 110 valence electrons. The highest BCUT2D eigenvalue weighted by Gasteiger charge is 2.18. The summed E-state index contributed by atoms with van der Waals surface area (Å²) in [6, 6.07) is 13.3. The van der Waals surface area contributed by atoms with E-state index in [1.54, 1.807) is 30.1 Å². The fourth-order valence-corrected chi connectivity index (χ4v) is 2.20. The van der Waals surface area contributed by atoms with E-state index in [2.05, 4.69) is 0 Å². The fourth-order valence-electron chi connectivity index (χ4n) is 2.20. The molecule has 0 atom stereocenters. The molecule has 0 heterocycles. The van der Waals surface area contributed by atoms with Crippen LogP contribution in [0.15, 0.2) is 42.5 Å². The van der Waals surface area contributed by atoms with Crippen molar-refractivity contribution in [2.45, 2.75) is 13.5 Å². The Labute approximate surface area is 125 Å². The van der Waals surface area contributed by atoms with Gasteiger partial charge in [-0.15, -0.1) is 0 Å². The molecule has 2 aromatic carbocycles. The second-order valence-corrected chi connectivity index (χ2v) is 5.07. The number of para-hydroxylation sites is 1. The summed E-state index contributed by atoms with van der Waals surface area (Å²) in [7, 11) is 3.28. The number of carbonyl (C=O) groups is 1.